The van der Waals surface area contributed by atoms with Gasteiger partial charge in [-0.1, -0.05) is 28.1 Å². The Kier molecular flexibility index (Phi) is 4.60. The van der Waals surface area contributed by atoms with Gasteiger partial charge in [0.25, 0.3) is 0 Å². The zero-order chi connectivity index (χ0) is 12.3. The first kappa shape index (κ1) is 13.1. The Labute approximate surface area is 112 Å². The number of hydrogen-bond acceptors (Lipinski definition) is 2. The van der Waals surface area contributed by atoms with Gasteiger partial charge in [0.15, 0.2) is 0 Å². The average Bonchev–Trinajstić information content (AvgIpc) is 2.73. The van der Waals surface area contributed by atoms with Crippen LogP contribution in [0.15, 0.2) is 22.7 Å². The molecule has 3 heteroatoms. The number of benzene rings is 1. The molecule has 1 fully saturated rings. The summed E-state index contributed by atoms with van der Waals surface area (Å²) >= 11 is 3.72. The molecule has 94 valence electrons. The number of likely N-dealkylation sites (tertiary alicyclic amines) is 1. The number of aryl methyl sites for hydroxylation is 1. The van der Waals surface area contributed by atoms with Gasteiger partial charge in [-0.15, -0.1) is 0 Å². The van der Waals surface area contributed by atoms with Crippen LogP contribution in [0.25, 0.3) is 0 Å². The maximum atomic E-state index is 5.54. The molecule has 2 nitrogen and oxygen atoms in total. The lowest BCUT2D eigenvalue weighted by atomic mass is 9.96. The normalized spacial score (nSPS) is 21.0. The average molecular weight is 297 g/mol. The lowest BCUT2D eigenvalue weighted by molar-refractivity contribution is 0.411. The van der Waals surface area contributed by atoms with Crippen molar-refractivity contribution in [3.63, 3.8) is 0 Å². The van der Waals surface area contributed by atoms with Crippen LogP contribution >= 0.6 is 15.9 Å². The van der Waals surface area contributed by atoms with Crippen LogP contribution in [-0.2, 0) is 6.42 Å². The van der Waals surface area contributed by atoms with E-state index in [2.05, 4.69) is 46.1 Å². The molecule has 0 aliphatic carbocycles. The molecule has 1 heterocycles. The molecular weight excluding hydrogens is 276 g/mol. The highest BCUT2D eigenvalue weighted by atomic mass is 79.9. The lowest BCUT2D eigenvalue weighted by Gasteiger charge is -2.14. The SMILES string of the molecule is CN1CCC(c2ccc(CCCN)cc2Br)C1. The Morgan fingerprint density at radius 1 is 1.47 bits per heavy atom. The summed E-state index contributed by atoms with van der Waals surface area (Å²) in [5.41, 5.74) is 8.39. The van der Waals surface area contributed by atoms with E-state index < -0.39 is 0 Å². The van der Waals surface area contributed by atoms with Crippen molar-refractivity contribution in [1.82, 2.24) is 4.90 Å². The zero-order valence-electron chi connectivity index (χ0n) is 10.5. The van der Waals surface area contributed by atoms with E-state index >= 15 is 0 Å². The van der Waals surface area contributed by atoms with Gasteiger partial charge in [0.1, 0.15) is 0 Å². The molecule has 1 unspecified atom stereocenters. The van der Waals surface area contributed by atoms with E-state index in [-0.39, 0.29) is 0 Å². The molecule has 0 radical (unpaired) electrons. The molecule has 1 saturated heterocycles. The third kappa shape index (κ3) is 3.30. The molecule has 0 saturated carbocycles. The van der Waals surface area contributed by atoms with E-state index in [0.717, 1.165) is 19.4 Å². The minimum Gasteiger partial charge on any atom is -0.330 e. The molecule has 1 aromatic carbocycles. The fourth-order valence-corrected chi connectivity index (χ4v) is 3.30. The Hall–Kier alpha value is -0.380. The predicted molar refractivity (Wildman–Crippen MR) is 76.4 cm³/mol. The van der Waals surface area contributed by atoms with Crippen LogP contribution in [-0.4, -0.2) is 31.6 Å². The largest absolute Gasteiger partial charge is 0.330 e. The van der Waals surface area contributed by atoms with E-state index in [1.54, 1.807) is 0 Å². The predicted octanol–water partition coefficient (Wildman–Crippen LogP) is 2.76. The van der Waals surface area contributed by atoms with Gasteiger partial charge in [0.2, 0.25) is 0 Å². The molecule has 1 aromatic rings. The van der Waals surface area contributed by atoms with Crippen molar-refractivity contribution >= 4 is 15.9 Å². The van der Waals surface area contributed by atoms with Crippen molar-refractivity contribution in [1.29, 1.82) is 0 Å². The monoisotopic (exact) mass is 296 g/mol. The Morgan fingerprint density at radius 3 is 2.88 bits per heavy atom. The minimum absolute atomic E-state index is 0.693. The summed E-state index contributed by atoms with van der Waals surface area (Å²) < 4.78 is 1.27. The highest BCUT2D eigenvalue weighted by molar-refractivity contribution is 9.10. The van der Waals surface area contributed by atoms with Crippen molar-refractivity contribution in [3.8, 4) is 0 Å². The van der Waals surface area contributed by atoms with Crippen LogP contribution in [0.2, 0.25) is 0 Å². The van der Waals surface area contributed by atoms with Crippen LogP contribution in [0.1, 0.15) is 29.9 Å². The molecule has 0 spiro atoms. The summed E-state index contributed by atoms with van der Waals surface area (Å²) in [4.78, 5) is 2.40. The maximum Gasteiger partial charge on any atom is 0.0213 e. The highest BCUT2D eigenvalue weighted by Crippen LogP contribution is 2.32. The Morgan fingerprint density at radius 2 is 2.29 bits per heavy atom. The van der Waals surface area contributed by atoms with E-state index in [0.29, 0.717) is 5.92 Å². The van der Waals surface area contributed by atoms with E-state index in [4.69, 9.17) is 5.73 Å². The van der Waals surface area contributed by atoms with E-state index in [1.807, 2.05) is 0 Å². The van der Waals surface area contributed by atoms with Crippen molar-refractivity contribution in [2.24, 2.45) is 5.73 Å². The van der Waals surface area contributed by atoms with Crippen LogP contribution < -0.4 is 5.73 Å². The molecule has 0 amide bonds. The van der Waals surface area contributed by atoms with Gasteiger partial charge in [0, 0.05) is 11.0 Å². The third-order valence-electron chi connectivity index (χ3n) is 3.57. The van der Waals surface area contributed by atoms with Crippen molar-refractivity contribution in [2.45, 2.75) is 25.2 Å². The Balaban J connectivity index is 2.08. The summed E-state index contributed by atoms with van der Waals surface area (Å²) in [6.07, 6.45) is 3.43. The highest BCUT2D eigenvalue weighted by Gasteiger charge is 2.22. The van der Waals surface area contributed by atoms with Crippen molar-refractivity contribution < 1.29 is 0 Å². The van der Waals surface area contributed by atoms with Gasteiger partial charge in [-0.2, -0.15) is 0 Å². The smallest absolute Gasteiger partial charge is 0.0213 e. The summed E-state index contributed by atoms with van der Waals surface area (Å²) in [7, 11) is 2.20. The summed E-state index contributed by atoms with van der Waals surface area (Å²) in [5.74, 6) is 0.693. The first-order chi connectivity index (χ1) is 8.20. The van der Waals surface area contributed by atoms with Crippen LogP contribution in [0.3, 0.4) is 0 Å². The van der Waals surface area contributed by atoms with Gasteiger partial charge in [-0.05, 0) is 62.5 Å². The number of rotatable bonds is 4. The van der Waals surface area contributed by atoms with Gasteiger partial charge < -0.3 is 10.6 Å². The van der Waals surface area contributed by atoms with E-state index in [9.17, 15) is 0 Å². The van der Waals surface area contributed by atoms with Gasteiger partial charge in [0.05, 0.1) is 0 Å². The van der Waals surface area contributed by atoms with Gasteiger partial charge in [-0.25, -0.2) is 0 Å². The van der Waals surface area contributed by atoms with Crippen LogP contribution in [0, 0.1) is 0 Å². The number of likely N-dealkylation sites (N-methyl/N-ethyl adjacent to an activating group) is 1. The second kappa shape index (κ2) is 5.98. The topological polar surface area (TPSA) is 29.3 Å². The molecule has 0 bridgehead atoms. The summed E-state index contributed by atoms with van der Waals surface area (Å²) in [6.45, 7) is 3.17. The molecular formula is C14H21BrN2. The number of nitrogens with two attached hydrogens (primary N) is 1. The van der Waals surface area contributed by atoms with Crippen molar-refractivity contribution in [2.75, 3.05) is 26.7 Å². The summed E-state index contributed by atoms with van der Waals surface area (Å²) in [5, 5.41) is 0. The minimum atomic E-state index is 0.693. The quantitative estimate of drug-likeness (QED) is 0.926. The van der Waals surface area contributed by atoms with Crippen LogP contribution in [0.4, 0.5) is 0 Å². The second-order valence-corrected chi connectivity index (χ2v) is 5.85. The third-order valence-corrected chi connectivity index (χ3v) is 4.25. The molecule has 2 N–H and O–H groups in total. The second-order valence-electron chi connectivity index (χ2n) is 5.00. The van der Waals surface area contributed by atoms with E-state index in [1.165, 1.54) is 35.1 Å². The molecule has 1 atom stereocenters. The molecule has 2 rings (SSSR count). The van der Waals surface area contributed by atoms with Crippen molar-refractivity contribution in [3.05, 3.63) is 33.8 Å². The van der Waals surface area contributed by atoms with Gasteiger partial charge in [-0.3, -0.25) is 0 Å². The first-order valence-electron chi connectivity index (χ1n) is 6.37. The van der Waals surface area contributed by atoms with Crippen LogP contribution in [0.5, 0.6) is 0 Å². The number of nitrogens with zero attached hydrogens (tertiary/aromatic N) is 1. The molecule has 1 aliphatic rings. The molecule has 0 aromatic heterocycles. The fraction of sp³-hybridized carbons (Fsp3) is 0.571. The lowest BCUT2D eigenvalue weighted by Crippen LogP contribution is -2.13. The number of hydrogen-bond donors (Lipinski definition) is 1. The zero-order valence-corrected chi connectivity index (χ0v) is 12.0. The number of halogens is 1. The fourth-order valence-electron chi connectivity index (χ4n) is 2.55. The standard InChI is InChI=1S/C14H21BrN2/c1-17-8-6-12(10-17)13-5-4-11(3-2-7-16)9-14(13)15/h4-5,9,12H,2-3,6-8,10,16H2,1H3. The molecule has 1 aliphatic heterocycles. The first-order valence-corrected chi connectivity index (χ1v) is 7.17. The maximum absolute atomic E-state index is 5.54. The Bertz CT molecular complexity index is 378. The molecule has 17 heavy (non-hydrogen) atoms. The van der Waals surface area contributed by atoms with Gasteiger partial charge >= 0.3 is 0 Å². The summed E-state index contributed by atoms with van der Waals surface area (Å²) in [6, 6.07) is 6.82.